The van der Waals surface area contributed by atoms with Crippen molar-refractivity contribution in [2.45, 2.75) is 52.1 Å². The number of hydrogen-bond acceptors (Lipinski definition) is 3. The largest absolute Gasteiger partial charge is 0.299 e. The van der Waals surface area contributed by atoms with Crippen LogP contribution in [0.3, 0.4) is 0 Å². The van der Waals surface area contributed by atoms with Crippen LogP contribution >= 0.6 is 0 Å². The normalized spacial score (nSPS) is 31.5. The lowest BCUT2D eigenvalue weighted by Crippen LogP contribution is -2.41. The van der Waals surface area contributed by atoms with Gasteiger partial charge in [-0.15, -0.1) is 0 Å². The second-order valence-electron chi connectivity index (χ2n) is 6.75. The number of ketones is 1. The van der Waals surface area contributed by atoms with Gasteiger partial charge in [-0.3, -0.25) is 14.6 Å². The zero-order chi connectivity index (χ0) is 12.6. The summed E-state index contributed by atoms with van der Waals surface area (Å²) >= 11 is 0. The molecule has 0 radical (unpaired) electrons. The highest BCUT2D eigenvalue weighted by Gasteiger charge is 2.35. The van der Waals surface area contributed by atoms with Gasteiger partial charge in [0.15, 0.2) is 5.78 Å². The third kappa shape index (κ3) is 2.89. The molecule has 2 aliphatic rings. The van der Waals surface area contributed by atoms with Gasteiger partial charge >= 0.3 is 0 Å². The number of carbonyl (C=O) groups excluding carboxylic acids is 1. The van der Waals surface area contributed by atoms with Gasteiger partial charge in [0.2, 0.25) is 0 Å². The monoisotopic (exact) mass is 238 g/mol. The standard InChI is InChI=1S/C14H26N2O/c1-14(2,3)13(17)10-16-8-7-11-5-6-12(9-16)15(11)4/h11-12H,5-10H2,1-4H3. The maximum absolute atomic E-state index is 12.1. The summed E-state index contributed by atoms with van der Waals surface area (Å²) < 4.78 is 0. The molecule has 0 aromatic rings. The molecule has 98 valence electrons. The summed E-state index contributed by atoms with van der Waals surface area (Å²) in [5.41, 5.74) is -0.197. The molecule has 0 aromatic carbocycles. The Morgan fingerprint density at radius 3 is 2.47 bits per heavy atom. The van der Waals surface area contributed by atoms with Crippen molar-refractivity contribution in [2.24, 2.45) is 5.41 Å². The first-order valence-electron chi connectivity index (χ1n) is 6.85. The molecular formula is C14H26N2O. The van der Waals surface area contributed by atoms with Crippen LogP contribution in [0.25, 0.3) is 0 Å². The number of fused-ring (bicyclic) bond motifs is 2. The molecular weight excluding hydrogens is 212 g/mol. The van der Waals surface area contributed by atoms with E-state index >= 15 is 0 Å². The van der Waals surface area contributed by atoms with Gasteiger partial charge in [-0.2, -0.15) is 0 Å². The summed E-state index contributed by atoms with van der Waals surface area (Å²) in [6.45, 7) is 8.87. The Balaban J connectivity index is 1.93. The van der Waals surface area contributed by atoms with Crippen molar-refractivity contribution in [1.82, 2.24) is 9.80 Å². The van der Waals surface area contributed by atoms with Crippen LogP contribution in [0.5, 0.6) is 0 Å². The zero-order valence-electron chi connectivity index (χ0n) is 11.7. The van der Waals surface area contributed by atoms with Crippen molar-refractivity contribution in [3.05, 3.63) is 0 Å². The van der Waals surface area contributed by atoms with Gasteiger partial charge in [0.25, 0.3) is 0 Å². The molecule has 3 nitrogen and oxygen atoms in total. The highest BCUT2D eigenvalue weighted by Crippen LogP contribution is 2.28. The second-order valence-corrected chi connectivity index (χ2v) is 6.75. The Bertz CT molecular complexity index is 295. The lowest BCUT2D eigenvalue weighted by molar-refractivity contribution is -0.127. The summed E-state index contributed by atoms with van der Waals surface area (Å²) in [5, 5.41) is 0. The molecule has 2 saturated heterocycles. The minimum atomic E-state index is -0.197. The van der Waals surface area contributed by atoms with Crippen LogP contribution in [0, 0.1) is 5.41 Å². The Morgan fingerprint density at radius 2 is 1.82 bits per heavy atom. The molecule has 0 spiro atoms. The Kier molecular flexibility index (Phi) is 3.60. The van der Waals surface area contributed by atoms with E-state index in [1.54, 1.807) is 0 Å². The topological polar surface area (TPSA) is 23.6 Å². The van der Waals surface area contributed by atoms with E-state index in [0.717, 1.165) is 19.1 Å². The molecule has 0 aliphatic carbocycles. The van der Waals surface area contributed by atoms with Gasteiger partial charge in [0.05, 0.1) is 6.54 Å². The summed E-state index contributed by atoms with van der Waals surface area (Å²) in [6, 6.07) is 1.44. The molecule has 3 heteroatoms. The molecule has 0 N–H and O–H groups in total. The molecule has 2 unspecified atom stereocenters. The fraction of sp³-hybridized carbons (Fsp3) is 0.929. The van der Waals surface area contributed by atoms with Gasteiger partial charge in [0, 0.05) is 30.6 Å². The van der Waals surface area contributed by atoms with E-state index in [1.165, 1.54) is 19.3 Å². The molecule has 2 heterocycles. The van der Waals surface area contributed by atoms with Crippen LogP contribution in [0.2, 0.25) is 0 Å². The molecule has 0 saturated carbocycles. The van der Waals surface area contributed by atoms with Gasteiger partial charge in [-0.1, -0.05) is 20.8 Å². The van der Waals surface area contributed by atoms with E-state index in [9.17, 15) is 4.79 Å². The lowest BCUT2D eigenvalue weighted by Gasteiger charge is -2.27. The molecule has 2 fully saturated rings. The minimum Gasteiger partial charge on any atom is -0.299 e. The highest BCUT2D eigenvalue weighted by molar-refractivity contribution is 5.85. The molecule has 2 rings (SSSR count). The molecule has 2 atom stereocenters. The molecule has 0 aromatic heterocycles. The van der Waals surface area contributed by atoms with Crippen LogP contribution in [-0.4, -0.2) is 54.3 Å². The summed E-state index contributed by atoms with van der Waals surface area (Å²) in [5.74, 6) is 0.373. The van der Waals surface area contributed by atoms with Crippen molar-refractivity contribution in [1.29, 1.82) is 0 Å². The number of likely N-dealkylation sites (tertiary alicyclic amines) is 1. The van der Waals surface area contributed by atoms with Gasteiger partial charge in [-0.25, -0.2) is 0 Å². The lowest BCUT2D eigenvalue weighted by atomic mass is 9.90. The van der Waals surface area contributed by atoms with Crippen LogP contribution in [0.15, 0.2) is 0 Å². The van der Waals surface area contributed by atoms with E-state index in [2.05, 4.69) is 16.8 Å². The SMILES string of the molecule is CN1C2CCC1CN(CC(=O)C(C)(C)C)CC2. The summed E-state index contributed by atoms with van der Waals surface area (Å²) in [4.78, 5) is 17.0. The van der Waals surface area contributed by atoms with E-state index in [-0.39, 0.29) is 5.41 Å². The fourth-order valence-electron chi connectivity index (χ4n) is 2.96. The van der Waals surface area contributed by atoms with Crippen molar-refractivity contribution >= 4 is 5.78 Å². The van der Waals surface area contributed by atoms with Crippen LogP contribution in [0.1, 0.15) is 40.0 Å². The maximum atomic E-state index is 12.1. The number of Topliss-reactive ketones (excluding diaryl/α,β-unsaturated/α-hetero) is 1. The van der Waals surface area contributed by atoms with Crippen LogP contribution < -0.4 is 0 Å². The van der Waals surface area contributed by atoms with Crippen molar-refractivity contribution in [3.63, 3.8) is 0 Å². The van der Waals surface area contributed by atoms with E-state index in [4.69, 9.17) is 0 Å². The van der Waals surface area contributed by atoms with E-state index in [0.29, 0.717) is 18.4 Å². The third-order valence-corrected chi connectivity index (χ3v) is 4.44. The smallest absolute Gasteiger partial charge is 0.152 e. The first-order valence-corrected chi connectivity index (χ1v) is 6.85. The molecule has 17 heavy (non-hydrogen) atoms. The van der Waals surface area contributed by atoms with Crippen molar-refractivity contribution in [2.75, 3.05) is 26.7 Å². The quantitative estimate of drug-likeness (QED) is 0.732. The number of nitrogens with zero attached hydrogens (tertiary/aromatic N) is 2. The minimum absolute atomic E-state index is 0.197. The highest BCUT2D eigenvalue weighted by atomic mass is 16.1. The average molecular weight is 238 g/mol. The van der Waals surface area contributed by atoms with Gasteiger partial charge < -0.3 is 0 Å². The number of rotatable bonds is 2. The maximum Gasteiger partial charge on any atom is 0.152 e. The second kappa shape index (κ2) is 4.69. The predicted octanol–water partition coefficient (Wildman–Crippen LogP) is 1.77. The van der Waals surface area contributed by atoms with Crippen LogP contribution in [-0.2, 0) is 4.79 Å². The fourth-order valence-corrected chi connectivity index (χ4v) is 2.96. The number of carbonyl (C=O) groups is 1. The number of hydrogen-bond donors (Lipinski definition) is 0. The zero-order valence-corrected chi connectivity index (χ0v) is 11.7. The number of likely N-dealkylation sites (N-methyl/N-ethyl adjacent to an activating group) is 1. The van der Waals surface area contributed by atoms with Crippen LogP contribution in [0.4, 0.5) is 0 Å². The first kappa shape index (κ1) is 13.0. The van der Waals surface area contributed by atoms with Crippen molar-refractivity contribution in [3.8, 4) is 0 Å². The van der Waals surface area contributed by atoms with Gasteiger partial charge in [0.1, 0.15) is 0 Å². The Morgan fingerprint density at radius 1 is 1.18 bits per heavy atom. The van der Waals surface area contributed by atoms with E-state index < -0.39 is 0 Å². The van der Waals surface area contributed by atoms with Gasteiger partial charge in [-0.05, 0) is 26.3 Å². The van der Waals surface area contributed by atoms with Crippen molar-refractivity contribution < 1.29 is 4.79 Å². The summed E-state index contributed by atoms with van der Waals surface area (Å²) in [6.07, 6.45) is 3.88. The molecule has 2 aliphatic heterocycles. The predicted molar refractivity (Wildman–Crippen MR) is 70.1 cm³/mol. The van der Waals surface area contributed by atoms with E-state index in [1.807, 2.05) is 20.8 Å². The summed E-state index contributed by atoms with van der Waals surface area (Å²) in [7, 11) is 2.25. The first-order chi connectivity index (χ1) is 7.88. The molecule has 2 bridgehead atoms. The Labute approximate surface area is 105 Å². The third-order valence-electron chi connectivity index (χ3n) is 4.44. The Hall–Kier alpha value is -0.410. The molecule has 0 amide bonds. The average Bonchev–Trinajstić information content (AvgIpc) is 2.44.